The highest BCUT2D eigenvalue weighted by Gasteiger charge is 2.26. The van der Waals surface area contributed by atoms with Crippen molar-refractivity contribution in [2.45, 2.75) is 19.4 Å². The van der Waals surface area contributed by atoms with Crippen molar-refractivity contribution in [3.05, 3.63) is 39.7 Å². The molecular formula is C14H16ClN5O3. The van der Waals surface area contributed by atoms with Crippen LogP contribution < -0.4 is 21.1 Å². The minimum Gasteiger partial charge on any atom is -0.467 e. The van der Waals surface area contributed by atoms with Crippen LogP contribution in [0.4, 0.5) is 16.2 Å². The summed E-state index contributed by atoms with van der Waals surface area (Å²) < 4.78 is 5.13. The van der Waals surface area contributed by atoms with Crippen molar-refractivity contribution in [1.29, 1.82) is 0 Å². The molecule has 3 N–H and O–H groups in total. The highest BCUT2D eigenvalue weighted by atomic mass is 35.5. The number of aryl methyl sites for hydroxylation is 1. The first-order valence-corrected chi connectivity index (χ1v) is 7.52. The van der Waals surface area contributed by atoms with Crippen molar-refractivity contribution in [3.8, 4) is 0 Å². The number of aromatic amines is 1. The molecule has 8 nitrogen and oxygen atoms in total. The molecule has 1 aliphatic heterocycles. The zero-order valence-corrected chi connectivity index (χ0v) is 13.2. The Morgan fingerprint density at radius 1 is 1.57 bits per heavy atom. The van der Waals surface area contributed by atoms with Gasteiger partial charge in [-0.1, -0.05) is 11.6 Å². The molecule has 0 saturated carbocycles. The van der Waals surface area contributed by atoms with Gasteiger partial charge in [-0.2, -0.15) is 5.10 Å². The molecule has 2 aromatic rings. The summed E-state index contributed by atoms with van der Waals surface area (Å²) in [5.74, 6) is 0.648. The van der Waals surface area contributed by atoms with Crippen molar-refractivity contribution in [1.82, 2.24) is 15.5 Å². The maximum absolute atomic E-state index is 12.0. The second kappa shape index (κ2) is 6.33. The van der Waals surface area contributed by atoms with Crippen LogP contribution in [0.15, 0.2) is 27.7 Å². The van der Waals surface area contributed by atoms with Crippen LogP contribution in [0.5, 0.6) is 0 Å². The molecular weight excluding hydrogens is 322 g/mol. The molecule has 1 atom stereocenters. The maximum atomic E-state index is 12.0. The van der Waals surface area contributed by atoms with E-state index in [1.54, 1.807) is 13.0 Å². The summed E-state index contributed by atoms with van der Waals surface area (Å²) in [6.45, 7) is 3.01. The van der Waals surface area contributed by atoms with Gasteiger partial charge in [-0.25, -0.2) is 9.89 Å². The summed E-state index contributed by atoms with van der Waals surface area (Å²) in [5, 5.41) is 11.8. The van der Waals surface area contributed by atoms with Gasteiger partial charge in [0.15, 0.2) is 0 Å². The first-order chi connectivity index (χ1) is 11.0. The van der Waals surface area contributed by atoms with Crippen LogP contribution in [0.2, 0.25) is 5.02 Å². The van der Waals surface area contributed by atoms with Crippen LogP contribution in [-0.4, -0.2) is 35.4 Å². The Morgan fingerprint density at radius 2 is 2.39 bits per heavy atom. The van der Waals surface area contributed by atoms with E-state index in [1.165, 1.54) is 12.5 Å². The molecule has 1 aliphatic rings. The fourth-order valence-corrected chi connectivity index (χ4v) is 2.76. The number of halogens is 1. The molecule has 0 radical (unpaired) electrons. The van der Waals surface area contributed by atoms with E-state index < -0.39 is 5.56 Å². The summed E-state index contributed by atoms with van der Waals surface area (Å²) in [5.41, 5.74) is 0.791. The quantitative estimate of drug-likeness (QED) is 0.791. The molecule has 1 fully saturated rings. The summed E-state index contributed by atoms with van der Waals surface area (Å²) in [6, 6.07) is 1.35. The average molecular weight is 338 g/mol. The third kappa shape index (κ3) is 3.31. The molecule has 2 aromatic heterocycles. The van der Waals surface area contributed by atoms with Gasteiger partial charge in [0.05, 0.1) is 23.8 Å². The number of nitrogens with zero attached hydrogens (tertiary/aromatic N) is 2. The summed E-state index contributed by atoms with van der Waals surface area (Å²) in [4.78, 5) is 25.4. The van der Waals surface area contributed by atoms with Gasteiger partial charge in [-0.05, 0) is 13.3 Å². The van der Waals surface area contributed by atoms with Gasteiger partial charge in [0.2, 0.25) is 0 Å². The number of amides is 2. The van der Waals surface area contributed by atoms with Crippen molar-refractivity contribution < 1.29 is 9.21 Å². The van der Waals surface area contributed by atoms with Crippen LogP contribution in [0.1, 0.15) is 12.2 Å². The van der Waals surface area contributed by atoms with E-state index in [0.29, 0.717) is 30.2 Å². The minimum atomic E-state index is -0.422. The smallest absolute Gasteiger partial charge is 0.319 e. The van der Waals surface area contributed by atoms with Crippen LogP contribution in [-0.2, 0) is 0 Å². The second-order valence-corrected chi connectivity index (χ2v) is 5.70. The SMILES string of the molecule is Cc1occc1NC(=O)NC1CCN(c2cn[nH]c(=O)c2Cl)C1. The van der Waals surface area contributed by atoms with Gasteiger partial charge in [-0.15, -0.1) is 0 Å². The number of furan rings is 1. The van der Waals surface area contributed by atoms with Crippen molar-refractivity contribution in [2.75, 3.05) is 23.3 Å². The van der Waals surface area contributed by atoms with Crippen LogP contribution in [0.25, 0.3) is 0 Å². The molecule has 23 heavy (non-hydrogen) atoms. The monoisotopic (exact) mass is 337 g/mol. The third-order valence-corrected chi connectivity index (χ3v) is 4.11. The highest BCUT2D eigenvalue weighted by Crippen LogP contribution is 2.24. The Hall–Kier alpha value is -2.48. The first-order valence-electron chi connectivity index (χ1n) is 7.14. The Labute approximate surface area is 136 Å². The fraction of sp³-hybridized carbons (Fsp3) is 0.357. The van der Waals surface area contributed by atoms with Crippen LogP contribution in [0.3, 0.4) is 0 Å². The molecule has 1 saturated heterocycles. The molecule has 3 rings (SSSR count). The number of urea groups is 1. The van der Waals surface area contributed by atoms with Gasteiger partial charge < -0.3 is 20.0 Å². The van der Waals surface area contributed by atoms with E-state index in [1.807, 2.05) is 4.90 Å². The lowest BCUT2D eigenvalue weighted by Crippen LogP contribution is -2.39. The number of H-pyrrole nitrogens is 1. The number of hydrogen-bond donors (Lipinski definition) is 3. The van der Waals surface area contributed by atoms with Gasteiger partial charge in [-0.3, -0.25) is 4.79 Å². The first kappa shape index (κ1) is 15.4. The topological polar surface area (TPSA) is 103 Å². The second-order valence-electron chi connectivity index (χ2n) is 5.32. The summed E-state index contributed by atoms with van der Waals surface area (Å²) in [6.07, 6.45) is 3.78. The predicted octanol–water partition coefficient (Wildman–Crippen LogP) is 1.73. The summed E-state index contributed by atoms with van der Waals surface area (Å²) >= 11 is 6.00. The predicted molar refractivity (Wildman–Crippen MR) is 86.1 cm³/mol. The van der Waals surface area contributed by atoms with E-state index in [0.717, 1.165) is 6.42 Å². The largest absolute Gasteiger partial charge is 0.467 e. The molecule has 9 heteroatoms. The minimum absolute atomic E-state index is 0.0439. The molecule has 0 aromatic carbocycles. The standard InChI is InChI=1S/C14H16ClN5O3/c1-8-10(3-5-23-8)18-14(22)17-9-2-4-20(7-9)11-6-16-19-13(21)12(11)15/h3,5-6,9H,2,4,7H2,1H3,(H,19,21)(H2,17,18,22). The number of hydrogen-bond acceptors (Lipinski definition) is 5. The highest BCUT2D eigenvalue weighted by molar-refractivity contribution is 6.33. The number of carbonyl (C=O) groups excluding carboxylic acids is 1. The Balaban J connectivity index is 1.60. The lowest BCUT2D eigenvalue weighted by molar-refractivity contribution is 0.249. The van der Waals surface area contributed by atoms with Crippen molar-refractivity contribution in [3.63, 3.8) is 0 Å². The average Bonchev–Trinajstić information content (AvgIpc) is 3.12. The van der Waals surface area contributed by atoms with Gasteiger partial charge in [0, 0.05) is 25.2 Å². The fourth-order valence-electron chi connectivity index (χ4n) is 2.55. The van der Waals surface area contributed by atoms with E-state index in [2.05, 4.69) is 20.8 Å². The van der Waals surface area contributed by atoms with Gasteiger partial charge >= 0.3 is 6.03 Å². The Bertz CT molecular complexity index is 772. The summed E-state index contributed by atoms with van der Waals surface area (Å²) in [7, 11) is 0. The van der Waals surface area contributed by atoms with Crippen molar-refractivity contribution in [2.24, 2.45) is 0 Å². The third-order valence-electron chi connectivity index (χ3n) is 3.75. The zero-order chi connectivity index (χ0) is 16.4. The van der Waals surface area contributed by atoms with E-state index in [9.17, 15) is 9.59 Å². The molecule has 0 bridgehead atoms. The number of carbonyl (C=O) groups is 1. The van der Waals surface area contributed by atoms with Gasteiger partial charge in [0.1, 0.15) is 10.8 Å². The van der Waals surface area contributed by atoms with E-state index in [4.69, 9.17) is 16.0 Å². The van der Waals surface area contributed by atoms with Crippen LogP contribution >= 0.6 is 11.6 Å². The molecule has 3 heterocycles. The normalized spacial score (nSPS) is 17.3. The molecule has 0 aliphatic carbocycles. The number of nitrogens with one attached hydrogen (secondary N) is 3. The lowest BCUT2D eigenvalue weighted by Gasteiger charge is -2.19. The molecule has 0 spiro atoms. The number of anilines is 2. The van der Waals surface area contributed by atoms with Crippen molar-refractivity contribution >= 4 is 29.0 Å². The van der Waals surface area contributed by atoms with E-state index >= 15 is 0 Å². The van der Waals surface area contributed by atoms with Crippen LogP contribution in [0, 0.1) is 6.92 Å². The molecule has 1 unspecified atom stereocenters. The molecule has 2 amide bonds. The lowest BCUT2D eigenvalue weighted by atomic mass is 10.3. The Kier molecular flexibility index (Phi) is 4.24. The molecule has 122 valence electrons. The number of aromatic nitrogens is 2. The van der Waals surface area contributed by atoms with E-state index in [-0.39, 0.29) is 17.1 Å². The zero-order valence-electron chi connectivity index (χ0n) is 12.4. The van der Waals surface area contributed by atoms with Gasteiger partial charge in [0.25, 0.3) is 5.56 Å². The maximum Gasteiger partial charge on any atom is 0.319 e. The Morgan fingerprint density at radius 3 is 3.13 bits per heavy atom. The number of rotatable bonds is 3.